The molecular weight excluding hydrogens is 232 g/mol. The van der Waals surface area contributed by atoms with Crippen LogP contribution in [0.5, 0.6) is 0 Å². The first kappa shape index (κ1) is 8.75. The first-order valence-electron chi connectivity index (χ1n) is 4.17. The molecule has 0 unspecified atom stereocenters. The van der Waals surface area contributed by atoms with Crippen molar-refractivity contribution in [3.8, 4) is 0 Å². The summed E-state index contributed by atoms with van der Waals surface area (Å²) in [6.07, 6.45) is 0.503. The standard InChI is InChI=1S/C10H9BrO2/c11-9-4-2-1-3-8(9)7-5-10(12)13-6-7/h1-4,7H,5-6H2/t7-/m1/s1. The molecule has 2 nitrogen and oxygen atoms in total. The minimum Gasteiger partial charge on any atom is -0.465 e. The van der Waals surface area contributed by atoms with Crippen molar-refractivity contribution in [1.29, 1.82) is 0 Å². The Hall–Kier alpha value is -0.830. The molecule has 0 bridgehead atoms. The van der Waals surface area contributed by atoms with Crippen LogP contribution in [0.15, 0.2) is 28.7 Å². The lowest BCUT2D eigenvalue weighted by Gasteiger charge is -2.07. The summed E-state index contributed by atoms with van der Waals surface area (Å²) in [4.78, 5) is 10.9. The summed E-state index contributed by atoms with van der Waals surface area (Å²) in [7, 11) is 0. The van der Waals surface area contributed by atoms with E-state index in [0.717, 1.165) is 10.0 Å². The van der Waals surface area contributed by atoms with Crippen molar-refractivity contribution in [3.63, 3.8) is 0 Å². The van der Waals surface area contributed by atoms with Crippen LogP contribution >= 0.6 is 15.9 Å². The molecule has 0 aromatic heterocycles. The Balaban J connectivity index is 2.26. The summed E-state index contributed by atoms with van der Waals surface area (Å²) in [6.45, 7) is 0.515. The van der Waals surface area contributed by atoms with E-state index in [4.69, 9.17) is 4.74 Å². The van der Waals surface area contributed by atoms with E-state index in [-0.39, 0.29) is 11.9 Å². The summed E-state index contributed by atoms with van der Waals surface area (Å²) in [5, 5.41) is 0. The molecule has 1 aliphatic heterocycles. The van der Waals surface area contributed by atoms with Gasteiger partial charge in [-0.05, 0) is 11.6 Å². The zero-order chi connectivity index (χ0) is 9.26. The smallest absolute Gasteiger partial charge is 0.306 e. The molecule has 0 aliphatic carbocycles. The molecule has 0 spiro atoms. The van der Waals surface area contributed by atoms with Gasteiger partial charge in [0.25, 0.3) is 0 Å². The van der Waals surface area contributed by atoms with Crippen LogP contribution in [-0.2, 0) is 9.53 Å². The number of hydrogen-bond donors (Lipinski definition) is 0. The number of carbonyl (C=O) groups is 1. The van der Waals surface area contributed by atoms with Crippen molar-refractivity contribution in [2.45, 2.75) is 12.3 Å². The molecule has 13 heavy (non-hydrogen) atoms. The van der Waals surface area contributed by atoms with Crippen LogP contribution in [0.25, 0.3) is 0 Å². The SMILES string of the molecule is O=C1C[C@@H](c2ccccc2Br)CO1. The minimum atomic E-state index is -0.0965. The molecule has 1 fully saturated rings. The van der Waals surface area contributed by atoms with Gasteiger partial charge in [0.2, 0.25) is 0 Å². The third kappa shape index (κ3) is 1.75. The highest BCUT2D eigenvalue weighted by Crippen LogP contribution is 2.31. The van der Waals surface area contributed by atoms with Gasteiger partial charge in [0.05, 0.1) is 13.0 Å². The van der Waals surface area contributed by atoms with Crippen molar-refractivity contribution in [1.82, 2.24) is 0 Å². The number of esters is 1. The molecule has 68 valence electrons. The Labute approximate surface area is 85.0 Å². The van der Waals surface area contributed by atoms with Crippen LogP contribution in [0.2, 0.25) is 0 Å². The van der Waals surface area contributed by atoms with Gasteiger partial charge >= 0.3 is 5.97 Å². The lowest BCUT2D eigenvalue weighted by molar-refractivity contribution is -0.137. The largest absolute Gasteiger partial charge is 0.465 e. The van der Waals surface area contributed by atoms with E-state index in [1.165, 1.54) is 0 Å². The van der Waals surface area contributed by atoms with E-state index in [2.05, 4.69) is 15.9 Å². The summed E-state index contributed by atoms with van der Waals surface area (Å²) in [5.41, 5.74) is 1.16. The highest BCUT2D eigenvalue weighted by Gasteiger charge is 2.26. The second-order valence-electron chi connectivity index (χ2n) is 3.11. The molecule has 1 aromatic carbocycles. The third-order valence-electron chi connectivity index (χ3n) is 2.20. The lowest BCUT2D eigenvalue weighted by Crippen LogP contribution is -1.97. The van der Waals surface area contributed by atoms with Crippen LogP contribution in [-0.4, -0.2) is 12.6 Å². The number of benzene rings is 1. The normalized spacial score (nSPS) is 21.6. The molecule has 1 heterocycles. The molecule has 1 aliphatic rings. The van der Waals surface area contributed by atoms with Crippen molar-refractivity contribution in [2.24, 2.45) is 0 Å². The second-order valence-corrected chi connectivity index (χ2v) is 3.96. The Morgan fingerprint density at radius 2 is 2.15 bits per heavy atom. The second kappa shape index (κ2) is 3.50. The predicted molar refractivity (Wildman–Crippen MR) is 52.5 cm³/mol. The van der Waals surface area contributed by atoms with Gasteiger partial charge in [-0.15, -0.1) is 0 Å². The molecule has 3 heteroatoms. The minimum absolute atomic E-state index is 0.0965. The molecule has 1 saturated heterocycles. The fourth-order valence-electron chi connectivity index (χ4n) is 1.52. The van der Waals surface area contributed by atoms with Gasteiger partial charge in [0, 0.05) is 10.4 Å². The van der Waals surface area contributed by atoms with Gasteiger partial charge in [-0.1, -0.05) is 34.1 Å². The predicted octanol–water partition coefficient (Wildman–Crippen LogP) is 2.48. The molecule has 0 N–H and O–H groups in total. The average molecular weight is 241 g/mol. The molecule has 1 atom stereocenters. The van der Waals surface area contributed by atoms with E-state index in [9.17, 15) is 4.79 Å². The van der Waals surface area contributed by atoms with Crippen LogP contribution in [0.4, 0.5) is 0 Å². The first-order valence-corrected chi connectivity index (χ1v) is 4.96. The maximum absolute atomic E-state index is 10.9. The Morgan fingerprint density at radius 1 is 1.38 bits per heavy atom. The van der Waals surface area contributed by atoms with E-state index in [1.807, 2.05) is 24.3 Å². The summed E-state index contributed by atoms with van der Waals surface area (Å²) >= 11 is 3.46. The number of ether oxygens (including phenoxy) is 1. The first-order chi connectivity index (χ1) is 6.27. The number of cyclic esters (lactones) is 1. The van der Waals surface area contributed by atoms with Crippen LogP contribution in [0.3, 0.4) is 0 Å². The monoisotopic (exact) mass is 240 g/mol. The van der Waals surface area contributed by atoms with Crippen molar-refractivity contribution in [2.75, 3.05) is 6.61 Å². The zero-order valence-electron chi connectivity index (χ0n) is 7.00. The topological polar surface area (TPSA) is 26.3 Å². The highest BCUT2D eigenvalue weighted by molar-refractivity contribution is 9.10. The van der Waals surface area contributed by atoms with Crippen LogP contribution in [0, 0.1) is 0 Å². The molecule has 2 rings (SSSR count). The van der Waals surface area contributed by atoms with E-state index in [1.54, 1.807) is 0 Å². The Morgan fingerprint density at radius 3 is 2.77 bits per heavy atom. The van der Waals surface area contributed by atoms with E-state index < -0.39 is 0 Å². The quantitative estimate of drug-likeness (QED) is 0.706. The van der Waals surface area contributed by atoms with Crippen LogP contribution in [0.1, 0.15) is 17.9 Å². The van der Waals surface area contributed by atoms with E-state index in [0.29, 0.717) is 13.0 Å². The van der Waals surface area contributed by atoms with Crippen molar-refractivity contribution in [3.05, 3.63) is 34.3 Å². The van der Waals surface area contributed by atoms with Gasteiger partial charge in [0.1, 0.15) is 0 Å². The lowest BCUT2D eigenvalue weighted by atomic mass is 9.99. The Kier molecular flexibility index (Phi) is 2.36. The maximum atomic E-state index is 10.9. The van der Waals surface area contributed by atoms with Gasteiger partial charge in [0.15, 0.2) is 0 Å². The van der Waals surface area contributed by atoms with Crippen LogP contribution < -0.4 is 0 Å². The van der Waals surface area contributed by atoms with Crippen molar-refractivity contribution < 1.29 is 9.53 Å². The highest BCUT2D eigenvalue weighted by atomic mass is 79.9. The summed E-state index contributed by atoms with van der Waals surface area (Å²) in [5.74, 6) is 0.129. The number of halogens is 1. The Bertz CT molecular complexity index is 335. The maximum Gasteiger partial charge on any atom is 0.306 e. The van der Waals surface area contributed by atoms with E-state index >= 15 is 0 Å². The number of hydrogen-bond acceptors (Lipinski definition) is 2. The molecule has 0 amide bonds. The fraction of sp³-hybridized carbons (Fsp3) is 0.300. The summed E-state index contributed by atoms with van der Waals surface area (Å²) in [6, 6.07) is 7.95. The molecular formula is C10H9BrO2. The average Bonchev–Trinajstić information content (AvgIpc) is 2.53. The fourth-order valence-corrected chi connectivity index (χ4v) is 2.13. The van der Waals surface area contributed by atoms with Gasteiger partial charge in [-0.3, -0.25) is 4.79 Å². The van der Waals surface area contributed by atoms with Gasteiger partial charge < -0.3 is 4.74 Å². The molecule has 0 radical (unpaired) electrons. The third-order valence-corrected chi connectivity index (χ3v) is 2.93. The van der Waals surface area contributed by atoms with Gasteiger partial charge in [-0.2, -0.15) is 0 Å². The van der Waals surface area contributed by atoms with Crippen molar-refractivity contribution >= 4 is 21.9 Å². The van der Waals surface area contributed by atoms with Gasteiger partial charge in [-0.25, -0.2) is 0 Å². The zero-order valence-corrected chi connectivity index (χ0v) is 8.58. The molecule has 1 aromatic rings. The number of rotatable bonds is 1. The number of carbonyl (C=O) groups excluding carboxylic acids is 1. The summed E-state index contributed by atoms with van der Waals surface area (Å²) < 4.78 is 5.97. The molecule has 0 saturated carbocycles.